The smallest absolute Gasteiger partial charge is 0.220 e. The monoisotopic (exact) mass is 346 g/mol. The van der Waals surface area contributed by atoms with Crippen LogP contribution in [0, 0.1) is 13.8 Å². The zero-order valence-corrected chi connectivity index (χ0v) is 14.7. The van der Waals surface area contributed by atoms with Crippen molar-refractivity contribution in [1.29, 1.82) is 0 Å². The average Bonchev–Trinajstić information content (AvgIpc) is 3.14. The number of rotatable bonds is 6. The molecular formula is C17H19ClN4O2. The van der Waals surface area contributed by atoms with Crippen molar-refractivity contribution in [3.05, 3.63) is 58.0 Å². The fourth-order valence-corrected chi connectivity index (χ4v) is 2.61. The lowest BCUT2D eigenvalue weighted by Gasteiger charge is -2.02. The number of hydrogen-bond acceptors (Lipinski definition) is 5. The maximum Gasteiger partial charge on any atom is 0.220 e. The molecule has 0 radical (unpaired) electrons. The van der Waals surface area contributed by atoms with Crippen LogP contribution in [0.5, 0.6) is 5.75 Å². The van der Waals surface area contributed by atoms with Crippen molar-refractivity contribution < 1.29 is 9.15 Å². The molecule has 0 saturated heterocycles. The Balaban J connectivity index is 1.61. The van der Waals surface area contributed by atoms with E-state index >= 15 is 0 Å². The maximum atomic E-state index is 6.15. The molecule has 0 spiro atoms. The van der Waals surface area contributed by atoms with Crippen LogP contribution in [-0.4, -0.2) is 27.1 Å². The molecule has 0 fully saturated rings. The molecule has 0 bridgehead atoms. The van der Waals surface area contributed by atoms with Crippen LogP contribution in [0.2, 0.25) is 5.02 Å². The number of aryl methyl sites for hydroxylation is 3. The van der Waals surface area contributed by atoms with E-state index in [1.165, 1.54) is 0 Å². The van der Waals surface area contributed by atoms with Crippen LogP contribution < -0.4 is 4.74 Å². The van der Waals surface area contributed by atoms with Crippen molar-refractivity contribution in [2.75, 3.05) is 7.11 Å². The van der Waals surface area contributed by atoms with Gasteiger partial charge in [-0.3, -0.25) is 4.68 Å². The molecule has 0 N–H and O–H groups in total. The third-order valence-electron chi connectivity index (χ3n) is 3.85. The summed E-state index contributed by atoms with van der Waals surface area (Å²) in [6.45, 7) is 4.50. The van der Waals surface area contributed by atoms with Gasteiger partial charge in [-0.1, -0.05) is 23.7 Å². The van der Waals surface area contributed by atoms with E-state index in [0.29, 0.717) is 36.2 Å². The van der Waals surface area contributed by atoms with Gasteiger partial charge < -0.3 is 9.15 Å². The summed E-state index contributed by atoms with van der Waals surface area (Å²) < 4.78 is 12.7. The second kappa shape index (κ2) is 7.05. The summed E-state index contributed by atoms with van der Waals surface area (Å²) in [6, 6.07) is 7.81. The van der Waals surface area contributed by atoms with Gasteiger partial charge in [-0.2, -0.15) is 5.10 Å². The van der Waals surface area contributed by atoms with E-state index in [-0.39, 0.29) is 0 Å². The molecule has 7 heteroatoms. The molecule has 6 nitrogen and oxygen atoms in total. The van der Waals surface area contributed by atoms with Crippen molar-refractivity contribution in [3.8, 4) is 5.75 Å². The zero-order chi connectivity index (χ0) is 17.1. The molecule has 126 valence electrons. The molecule has 0 amide bonds. The molecule has 2 heterocycles. The third kappa shape index (κ3) is 3.59. The highest BCUT2D eigenvalue weighted by molar-refractivity contribution is 6.31. The summed E-state index contributed by atoms with van der Waals surface area (Å²) in [5, 5.41) is 13.3. The first kappa shape index (κ1) is 16.5. The SMILES string of the molecule is COc1ccc(Cc2nnc(CCn3nc(C)c(Cl)c3C)o2)cc1. The topological polar surface area (TPSA) is 66.0 Å². The lowest BCUT2D eigenvalue weighted by Crippen LogP contribution is -2.05. The quantitative estimate of drug-likeness (QED) is 0.684. The first-order valence-corrected chi connectivity index (χ1v) is 8.08. The second-order valence-electron chi connectivity index (χ2n) is 5.57. The lowest BCUT2D eigenvalue weighted by molar-refractivity contribution is 0.414. The largest absolute Gasteiger partial charge is 0.497 e. The Morgan fingerprint density at radius 2 is 1.83 bits per heavy atom. The van der Waals surface area contributed by atoms with Crippen LogP contribution in [0.15, 0.2) is 28.7 Å². The van der Waals surface area contributed by atoms with E-state index in [2.05, 4.69) is 15.3 Å². The lowest BCUT2D eigenvalue weighted by atomic mass is 10.1. The highest BCUT2D eigenvalue weighted by Gasteiger charge is 2.11. The number of aromatic nitrogens is 4. The van der Waals surface area contributed by atoms with Gasteiger partial charge in [0, 0.05) is 13.0 Å². The number of ether oxygens (including phenoxy) is 1. The number of nitrogens with zero attached hydrogens (tertiary/aromatic N) is 4. The van der Waals surface area contributed by atoms with E-state index in [1.54, 1.807) is 7.11 Å². The molecule has 0 aliphatic heterocycles. The Bertz CT molecular complexity index is 824. The van der Waals surface area contributed by atoms with Crippen LogP contribution in [0.4, 0.5) is 0 Å². The molecule has 0 unspecified atom stereocenters. The van der Waals surface area contributed by atoms with Gasteiger partial charge >= 0.3 is 0 Å². The maximum absolute atomic E-state index is 6.15. The minimum atomic E-state index is 0.599. The Hall–Kier alpha value is -2.34. The molecule has 1 aromatic carbocycles. The van der Waals surface area contributed by atoms with Crippen LogP contribution in [0.25, 0.3) is 0 Å². The van der Waals surface area contributed by atoms with Crippen LogP contribution >= 0.6 is 11.6 Å². The first-order chi connectivity index (χ1) is 11.6. The minimum absolute atomic E-state index is 0.599. The Kier molecular flexibility index (Phi) is 4.85. The van der Waals surface area contributed by atoms with Gasteiger partial charge in [-0.15, -0.1) is 10.2 Å². The van der Waals surface area contributed by atoms with Gasteiger partial charge in [0.15, 0.2) is 0 Å². The fourth-order valence-electron chi connectivity index (χ4n) is 2.47. The standard InChI is InChI=1S/C17H19ClN4O2/c1-11-17(18)12(2)22(21-11)9-8-15-19-20-16(24-15)10-13-4-6-14(23-3)7-5-13/h4-7H,8-10H2,1-3H3. The normalized spacial score (nSPS) is 11.0. The first-order valence-electron chi connectivity index (χ1n) is 7.70. The van der Waals surface area contributed by atoms with Crippen molar-refractivity contribution >= 4 is 11.6 Å². The van der Waals surface area contributed by atoms with Gasteiger partial charge in [0.1, 0.15) is 5.75 Å². The molecule has 0 atom stereocenters. The van der Waals surface area contributed by atoms with Gasteiger partial charge in [0.2, 0.25) is 11.8 Å². The molecule has 3 aromatic rings. The molecule has 24 heavy (non-hydrogen) atoms. The van der Waals surface area contributed by atoms with E-state index in [4.69, 9.17) is 20.8 Å². The molecule has 0 aliphatic rings. The second-order valence-corrected chi connectivity index (χ2v) is 5.95. The van der Waals surface area contributed by atoms with Crippen molar-refractivity contribution in [3.63, 3.8) is 0 Å². The minimum Gasteiger partial charge on any atom is -0.497 e. The van der Waals surface area contributed by atoms with Gasteiger partial charge in [-0.05, 0) is 31.5 Å². The highest BCUT2D eigenvalue weighted by Crippen LogP contribution is 2.19. The summed E-state index contributed by atoms with van der Waals surface area (Å²) in [7, 11) is 1.65. The van der Waals surface area contributed by atoms with Gasteiger partial charge in [0.05, 0.1) is 29.9 Å². The summed E-state index contributed by atoms with van der Waals surface area (Å²) in [6.07, 6.45) is 1.22. The third-order valence-corrected chi connectivity index (χ3v) is 4.40. The van der Waals surface area contributed by atoms with E-state index < -0.39 is 0 Å². The summed E-state index contributed by atoms with van der Waals surface area (Å²) in [5.41, 5.74) is 2.88. The molecule has 0 aliphatic carbocycles. The van der Waals surface area contributed by atoms with E-state index in [9.17, 15) is 0 Å². The predicted octanol–water partition coefficient (Wildman–Crippen LogP) is 3.38. The summed E-state index contributed by atoms with van der Waals surface area (Å²) in [4.78, 5) is 0. The van der Waals surface area contributed by atoms with Crippen LogP contribution in [-0.2, 0) is 19.4 Å². The van der Waals surface area contributed by atoms with Crippen LogP contribution in [0.3, 0.4) is 0 Å². The number of methoxy groups -OCH3 is 1. The number of halogens is 1. The summed E-state index contributed by atoms with van der Waals surface area (Å²) >= 11 is 6.15. The summed E-state index contributed by atoms with van der Waals surface area (Å²) in [5.74, 6) is 2.03. The molecule has 2 aromatic heterocycles. The van der Waals surface area contributed by atoms with Crippen molar-refractivity contribution in [1.82, 2.24) is 20.0 Å². The highest BCUT2D eigenvalue weighted by atomic mass is 35.5. The van der Waals surface area contributed by atoms with Gasteiger partial charge in [0.25, 0.3) is 0 Å². The predicted molar refractivity (Wildman–Crippen MR) is 90.5 cm³/mol. The fraction of sp³-hybridized carbons (Fsp3) is 0.353. The molecular weight excluding hydrogens is 328 g/mol. The Morgan fingerprint density at radius 1 is 1.12 bits per heavy atom. The van der Waals surface area contributed by atoms with E-state index in [1.807, 2.05) is 42.8 Å². The Morgan fingerprint density at radius 3 is 2.46 bits per heavy atom. The number of benzene rings is 1. The molecule has 0 saturated carbocycles. The zero-order valence-electron chi connectivity index (χ0n) is 13.9. The van der Waals surface area contributed by atoms with Crippen molar-refractivity contribution in [2.24, 2.45) is 0 Å². The van der Waals surface area contributed by atoms with Crippen LogP contribution in [0.1, 0.15) is 28.7 Å². The van der Waals surface area contributed by atoms with Crippen molar-refractivity contribution in [2.45, 2.75) is 33.2 Å². The Labute approximate surface area is 145 Å². The molecule has 3 rings (SSSR count). The number of hydrogen-bond donors (Lipinski definition) is 0. The average molecular weight is 347 g/mol. The van der Waals surface area contributed by atoms with E-state index in [0.717, 1.165) is 22.7 Å². The van der Waals surface area contributed by atoms with Gasteiger partial charge in [-0.25, -0.2) is 0 Å².